The van der Waals surface area contributed by atoms with Crippen molar-refractivity contribution < 1.29 is 17.9 Å². The Morgan fingerprint density at radius 2 is 1.76 bits per heavy atom. The van der Waals surface area contributed by atoms with Gasteiger partial charge in [0.1, 0.15) is 5.75 Å². The van der Waals surface area contributed by atoms with E-state index in [0.29, 0.717) is 13.1 Å². The molecule has 0 aromatic heterocycles. The van der Waals surface area contributed by atoms with E-state index in [-0.39, 0.29) is 36.4 Å². The SMILES string of the molecule is CC(C)Oc1cccc(CC(=O)N2CCN(S(=O)(=O)c3cccc(Br)c3)CC2)c1. The largest absolute Gasteiger partial charge is 0.491 e. The van der Waals surface area contributed by atoms with Gasteiger partial charge in [0.05, 0.1) is 17.4 Å². The number of carbonyl (C=O) groups excluding carboxylic acids is 1. The summed E-state index contributed by atoms with van der Waals surface area (Å²) in [5.74, 6) is 0.737. The first-order chi connectivity index (χ1) is 13.8. The van der Waals surface area contributed by atoms with Crippen molar-refractivity contribution in [2.75, 3.05) is 26.2 Å². The number of sulfonamides is 1. The number of carbonyl (C=O) groups is 1. The van der Waals surface area contributed by atoms with Crippen LogP contribution in [0.1, 0.15) is 19.4 Å². The molecule has 0 spiro atoms. The molecule has 3 rings (SSSR count). The molecule has 6 nitrogen and oxygen atoms in total. The van der Waals surface area contributed by atoms with Gasteiger partial charge in [-0.1, -0.05) is 34.1 Å². The molecular formula is C21H25BrN2O4S. The maximum absolute atomic E-state index is 12.8. The number of piperazine rings is 1. The quantitative estimate of drug-likeness (QED) is 0.635. The first-order valence-electron chi connectivity index (χ1n) is 9.55. The molecule has 1 amide bonds. The lowest BCUT2D eigenvalue weighted by atomic mass is 10.1. The smallest absolute Gasteiger partial charge is 0.243 e. The predicted octanol–water partition coefficient (Wildman–Crippen LogP) is 3.31. The fraction of sp³-hybridized carbons (Fsp3) is 0.381. The van der Waals surface area contributed by atoms with Crippen molar-refractivity contribution in [1.29, 1.82) is 0 Å². The van der Waals surface area contributed by atoms with E-state index in [1.807, 2.05) is 38.1 Å². The van der Waals surface area contributed by atoms with Crippen LogP contribution in [0.5, 0.6) is 5.75 Å². The van der Waals surface area contributed by atoms with Crippen LogP contribution in [0.2, 0.25) is 0 Å². The number of hydrogen-bond acceptors (Lipinski definition) is 4. The minimum atomic E-state index is -3.56. The Morgan fingerprint density at radius 1 is 1.07 bits per heavy atom. The highest BCUT2D eigenvalue weighted by Crippen LogP contribution is 2.22. The zero-order chi connectivity index (χ0) is 21.0. The third-order valence-corrected chi connectivity index (χ3v) is 7.04. The maximum atomic E-state index is 12.8. The van der Waals surface area contributed by atoms with Crippen LogP contribution < -0.4 is 4.74 Å². The second-order valence-electron chi connectivity index (χ2n) is 7.23. The van der Waals surface area contributed by atoms with Crippen LogP contribution in [0.4, 0.5) is 0 Å². The van der Waals surface area contributed by atoms with Crippen LogP contribution >= 0.6 is 15.9 Å². The van der Waals surface area contributed by atoms with Crippen LogP contribution in [0.15, 0.2) is 57.9 Å². The fourth-order valence-electron chi connectivity index (χ4n) is 3.24. The molecule has 1 aliphatic rings. The lowest BCUT2D eigenvalue weighted by Crippen LogP contribution is -2.50. The third-order valence-electron chi connectivity index (χ3n) is 4.65. The highest BCUT2D eigenvalue weighted by molar-refractivity contribution is 9.10. The van der Waals surface area contributed by atoms with Gasteiger partial charge in [-0.05, 0) is 49.7 Å². The average Bonchev–Trinajstić information content (AvgIpc) is 2.68. The Morgan fingerprint density at radius 3 is 2.41 bits per heavy atom. The minimum absolute atomic E-state index is 0.00815. The molecule has 0 saturated carbocycles. The number of nitrogens with zero attached hydrogens (tertiary/aromatic N) is 2. The minimum Gasteiger partial charge on any atom is -0.491 e. The van der Waals surface area contributed by atoms with Crippen molar-refractivity contribution in [2.24, 2.45) is 0 Å². The molecule has 0 aliphatic carbocycles. The molecule has 1 aliphatic heterocycles. The first-order valence-corrected chi connectivity index (χ1v) is 11.8. The van der Waals surface area contributed by atoms with Crippen LogP contribution in [0.25, 0.3) is 0 Å². The summed E-state index contributed by atoms with van der Waals surface area (Å²) in [5.41, 5.74) is 0.886. The number of hydrogen-bond donors (Lipinski definition) is 0. The second kappa shape index (κ2) is 9.28. The summed E-state index contributed by atoms with van der Waals surface area (Å²) in [5, 5.41) is 0. The molecule has 8 heteroatoms. The molecule has 29 heavy (non-hydrogen) atoms. The highest BCUT2D eigenvalue weighted by atomic mass is 79.9. The molecule has 0 atom stereocenters. The Kier molecular flexibility index (Phi) is 6.97. The molecule has 0 bridgehead atoms. The molecule has 156 valence electrons. The Hall–Kier alpha value is -1.90. The van der Waals surface area contributed by atoms with Gasteiger partial charge in [0, 0.05) is 30.7 Å². The van der Waals surface area contributed by atoms with Gasteiger partial charge in [0.2, 0.25) is 15.9 Å². The van der Waals surface area contributed by atoms with E-state index >= 15 is 0 Å². The zero-order valence-electron chi connectivity index (χ0n) is 16.5. The van der Waals surface area contributed by atoms with Crippen molar-refractivity contribution in [3.05, 3.63) is 58.6 Å². The lowest BCUT2D eigenvalue weighted by Gasteiger charge is -2.34. The molecule has 2 aromatic rings. The highest BCUT2D eigenvalue weighted by Gasteiger charge is 2.30. The van der Waals surface area contributed by atoms with Crippen molar-refractivity contribution in [3.63, 3.8) is 0 Å². The molecule has 0 unspecified atom stereocenters. The topological polar surface area (TPSA) is 66.9 Å². The standard InChI is InChI=1S/C21H25BrN2O4S/c1-16(2)28-19-7-3-5-17(13-19)14-21(25)23-9-11-24(12-10-23)29(26,27)20-8-4-6-18(22)15-20/h3-8,13,15-16H,9-12,14H2,1-2H3. The van der Waals surface area contributed by atoms with Gasteiger partial charge in [-0.15, -0.1) is 0 Å². The van der Waals surface area contributed by atoms with E-state index in [1.165, 1.54) is 4.31 Å². The molecule has 1 saturated heterocycles. The Bertz CT molecular complexity index is 970. The number of benzene rings is 2. The molecule has 2 aromatic carbocycles. The van der Waals surface area contributed by atoms with Gasteiger partial charge in [-0.2, -0.15) is 4.31 Å². The monoisotopic (exact) mass is 480 g/mol. The molecular weight excluding hydrogens is 456 g/mol. The number of amides is 1. The van der Waals surface area contributed by atoms with Crippen molar-refractivity contribution in [3.8, 4) is 5.75 Å². The van der Waals surface area contributed by atoms with E-state index in [9.17, 15) is 13.2 Å². The third kappa shape index (κ3) is 5.58. The summed E-state index contributed by atoms with van der Waals surface area (Å²) in [6, 6.07) is 14.2. The van der Waals surface area contributed by atoms with Gasteiger partial charge in [0.25, 0.3) is 0 Å². The molecule has 1 fully saturated rings. The van der Waals surface area contributed by atoms with Crippen LogP contribution in [0.3, 0.4) is 0 Å². The van der Waals surface area contributed by atoms with Crippen LogP contribution in [-0.2, 0) is 21.2 Å². The summed E-state index contributed by atoms with van der Waals surface area (Å²) in [6.45, 7) is 5.26. The Balaban J connectivity index is 1.60. The van der Waals surface area contributed by atoms with Crippen LogP contribution in [-0.4, -0.2) is 55.8 Å². The van der Waals surface area contributed by atoms with Gasteiger partial charge < -0.3 is 9.64 Å². The zero-order valence-corrected chi connectivity index (χ0v) is 18.9. The van der Waals surface area contributed by atoms with E-state index < -0.39 is 10.0 Å². The lowest BCUT2D eigenvalue weighted by molar-refractivity contribution is -0.131. The summed E-state index contributed by atoms with van der Waals surface area (Å²) in [7, 11) is -3.56. The second-order valence-corrected chi connectivity index (χ2v) is 10.1. The van der Waals surface area contributed by atoms with Crippen molar-refractivity contribution in [1.82, 2.24) is 9.21 Å². The maximum Gasteiger partial charge on any atom is 0.243 e. The molecule has 0 radical (unpaired) electrons. The summed E-state index contributed by atoms with van der Waals surface area (Å²) in [6.07, 6.45) is 0.342. The van der Waals surface area contributed by atoms with Crippen LogP contribution in [0, 0.1) is 0 Å². The van der Waals surface area contributed by atoms with E-state index in [1.54, 1.807) is 29.2 Å². The summed E-state index contributed by atoms with van der Waals surface area (Å²) in [4.78, 5) is 14.7. The predicted molar refractivity (Wildman–Crippen MR) is 115 cm³/mol. The van der Waals surface area contributed by atoms with Gasteiger partial charge in [-0.3, -0.25) is 4.79 Å². The molecule has 1 heterocycles. The van der Waals surface area contributed by atoms with Gasteiger partial charge in [0.15, 0.2) is 0 Å². The summed E-state index contributed by atoms with van der Waals surface area (Å²) >= 11 is 3.31. The van der Waals surface area contributed by atoms with Gasteiger partial charge >= 0.3 is 0 Å². The Labute approximate surface area is 180 Å². The normalized spacial score (nSPS) is 15.5. The van der Waals surface area contributed by atoms with E-state index in [2.05, 4.69) is 15.9 Å². The average molecular weight is 481 g/mol. The van der Waals surface area contributed by atoms with E-state index in [4.69, 9.17) is 4.74 Å². The van der Waals surface area contributed by atoms with Gasteiger partial charge in [-0.25, -0.2) is 8.42 Å². The number of ether oxygens (including phenoxy) is 1. The first kappa shape index (κ1) is 21.8. The summed E-state index contributed by atoms with van der Waals surface area (Å²) < 4.78 is 33.5. The number of halogens is 1. The van der Waals surface area contributed by atoms with Crippen molar-refractivity contribution >= 4 is 31.9 Å². The number of rotatable bonds is 6. The fourth-order valence-corrected chi connectivity index (χ4v) is 5.26. The van der Waals surface area contributed by atoms with Crippen molar-refractivity contribution in [2.45, 2.75) is 31.3 Å². The molecule has 0 N–H and O–H groups in total. The van der Waals surface area contributed by atoms with E-state index in [0.717, 1.165) is 15.8 Å².